The van der Waals surface area contributed by atoms with E-state index in [0.717, 1.165) is 36.1 Å². The van der Waals surface area contributed by atoms with Crippen molar-refractivity contribution in [2.24, 2.45) is 0 Å². The van der Waals surface area contributed by atoms with Crippen LogP contribution in [0, 0.1) is 11.3 Å². The summed E-state index contributed by atoms with van der Waals surface area (Å²) in [6, 6.07) is 10.0. The fourth-order valence-electron chi connectivity index (χ4n) is 3.82. The van der Waals surface area contributed by atoms with Crippen LogP contribution in [0.25, 0.3) is 10.9 Å². The van der Waals surface area contributed by atoms with Crippen LogP contribution >= 0.6 is 9.24 Å². The molecule has 7 heteroatoms. The number of piperidine rings is 1. The number of amides is 1. The predicted molar refractivity (Wildman–Crippen MR) is 112 cm³/mol. The Balaban J connectivity index is 1.91. The number of carbonyl (C=O) groups is 1. The largest absolute Gasteiger partial charge is 0.368 e. The highest BCUT2D eigenvalue weighted by Crippen LogP contribution is 2.35. The number of anilines is 1. The Labute approximate surface area is 162 Å². The summed E-state index contributed by atoms with van der Waals surface area (Å²) in [5.74, 6) is 0.0407. The van der Waals surface area contributed by atoms with E-state index in [1.807, 2.05) is 43.3 Å². The summed E-state index contributed by atoms with van der Waals surface area (Å²) >= 11 is 0. The molecule has 1 fully saturated rings. The van der Waals surface area contributed by atoms with E-state index < -0.39 is 0 Å². The van der Waals surface area contributed by atoms with E-state index >= 15 is 0 Å². The summed E-state index contributed by atoms with van der Waals surface area (Å²) < 4.78 is 0. The number of nitrogens with one attached hydrogen (secondary N) is 1. The lowest BCUT2D eigenvalue weighted by atomic mass is 9.93. The molecule has 27 heavy (non-hydrogen) atoms. The fourth-order valence-corrected chi connectivity index (χ4v) is 4.33. The molecule has 1 saturated heterocycles. The number of nitrogens with zero attached hydrogens (tertiary/aromatic N) is 4. The molecule has 1 aliphatic rings. The first kappa shape index (κ1) is 19.5. The first-order valence-corrected chi connectivity index (χ1v) is 9.62. The Kier molecular flexibility index (Phi) is 5.64. The van der Waals surface area contributed by atoms with Crippen LogP contribution in [-0.4, -0.2) is 60.7 Å². The normalized spacial score (nSPS) is 22.7. The average molecular weight is 383 g/mol. The number of hydrogen-bond donors (Lipinski definition) is 1. The van der Waals surface area contributed by atoms with Crippen molar-refractivity contribution >= 4 is 31.7 Å². The predicted octanol–water partition coefficient (Wildman–Crippen LogP) is 2.00. The van der Waals surface area contributed by atoms with E-state index in [4.69, 9.17) is 0 Å². The number of aromatic nitrogens is 1. The highest BCUT2D eigenvalue weighted by molar-refractivity contribution is 7.19. The second-order valence-electron chi connectivity index (χ2n) is 7.88. The Morgan fingerprint density at radius 2 is 2.26 bits per heavy atom. The number of hydrogen-bond acceptors (Lipinski definition) is 5. The number of likely N-dealkylation sites (N-methyl/N-ethyl adjacent to an activating group) is 1. The molecule has 1 aromatic carbocycles. The minimum absolute atomic E-state index is 0.0171. The number of carbonyl (C=O) groups excluding carboxylic acids is 1. The molecule has 3 rings (SSSR count). The van der Waals surface area contributed by atoms with Gasteiger partial charge in [-0.25, -0.2) is 0 Å². The standard InChI is InChI=1S/C20H26N5OP/c1-20(27)9-15(23-18(26)12-24(2)3)11-25(13-20)17-7-6-14(10-21)19-16(17)5-4-8-22-19/h4-8,15H,9,11-13,27H2,1-3H3,(H,23,26). The summed E-state index contributed by atoms with van der Waals surface area (Å²) in [6.45, 7) is 4.17. The second kappa shape index (κ2) is 7.80. The van der Waals surface area contributed by atoms with Gasteiger partial charge in [-0.1, -0.05) is 6.92 Å². The van der Waals surface area contributed by atoms with Crippen LogP contribution in [0.5, 0.6) is 0 Å². The van der Waals surface area contributed by atoms with Gasteiger partial charge in [-0.3, -0.25) is 9.78 Å². The van der Waals surface area contributed by atoms with Gasteiger partial charge in [0.25, 0.3) is 0 Å². The molecule has 1 aromatic heterocycles. The molecular weight excluding hydrogens is 357 g/mol. The van der Waals surface area contributed by atoms with Crippen LogP contribution in [0.1, 0.15) is 18.9 Å². The average Bonchev–Trinajstić information content (AvgIpc) is 2.58. The van der Waals surface area contributed by atoms with Crippen molar-refractivity contribution in [3.8, 4) is 6.07 Å². The highest BCUT2D eigenvalue weighted by Gasteiger charge is 2.34. The van der Waals surface area contributed by atoms with Gasteiger partial charge in [0.15, 0.2) is 0 Å². The molecule has 3 unspecified atom stereocenters. The molecule has 3 atom stereocenters. The summed E-state index contributed by atoms with van der Waals surface area (Å²) in [7, 11) is 6.72. The first-order valence-electron chi connectivity index (χ1n) is 9.05. The van der Waals surface area contributed by atoms with Crippen LogP contribution in [-0.2, 0) is 4.79 Å². The molecular formula is C20H26N5OP. The summed E-state index contributed by atoms with van der Waals surface area (Å²) in [4.78, 5) is 20.8. The Morgan fingerprint density at radius 3 is 2.96 bits per heavy atom. The highest BCUT2D eigenvalue weighted by atomic mass is 31.0. The molecule has 0 spiro atoms. The molecule has 1 amide bonds. The molecule has 1 N–H and O–H groups in total. The van der Waals surface area contributed by atoms with Crippen molar-refractivity contribution in [2.75, 3.05) is 38.6 Å². The molecule has 0 bridgehead atoms. The van der Waals surface area contributed by atoms with Gasteiger partial charge in [0.1, 0.15) is 6.07 Å². The maximum Gasteiger partial charge on any atom is 0.234 e. The van der Waals surface area contributed by atoms with Gasteiger partial charge in [0, 0.05) is 41.6 Å². The maximum absolute atomic E-state index is 12.2. The molecule has 0 aliphatic carbocycles. The number of fused-ring (bicyclic) bond motifs is 1. The van der Waals surface area contributed by atoms with Crippen LogP contribution in [0.4, 0.5) is 5.69 Å². The SMILES string of the molecule is CN(C)CC(=O)NC1CN(c2ccc(C#N)c3ncccc23)CC(C)(P)C1. The van der Waals surface area contributed by atoms with Crippen molar-refractivity contribution in [2.45, 2.75) is 24.5 Å². The third kappa shape index (κ3) is 4.55. The number of benzene rings is 1. The van der Waals surface area contributed by atoms with Gasteiger partial charge in [-0.15, -0.1) is 9.24 Å². The van der Waals surface area contributed by atoms with Crippen LogP contribution in [0.15, 0.2) is 30.5 Å². The van der Waals surface area contributed by atoms with Crippen molar-refractivity contribution < 1.29 is 4.79 Å². The Morgan fingerprint density at radius 1 is 1.48 bits per heavy atom. The summed E-state index contributed by atoms with van der Waals surface area (Å²) in [5, 5.41) is 13.5. The zero-order chi connectivity index (χ0) is 19.6. The molecule has 2 heterocycles. The molecule has 142 valence electrons. The monoisotopic (exact) mass is 383 g/mol. The minimum Gasteiger partial charge on any atom is -0.368 e. The van der Waals surface area contributed by atoms with E-state index in [0.29, 0.717) is 12.1 Å². The van der Waals surface area contributed by atoms with Gasteiger partial charge < -0.3 is 15.1 Å². The van der Waals surface area contributed by atoms with Crippen LogP contribution in [0.3, 0.4) is 0 Å². The Hall–Kier alpha value is -2.22. The lowest BCUT2D eigenvalue weighted by Gasteiger charge is -2.44. The first-order chi connectivity index (χ1) is 12.8. The van der Waals surface area contributed by atoms with Gasteiger partial charge in [-0.05, 0) is 44.8 Å². The van der Waals surface area contributed by atoms with Gasteiger partial charge in [-0.2, -0.15) is 5.26 Å². The zero-order valence-corrected chi connectivity index (χ0v) is 17.2. The quantitative estimate of drug-likeness (QED) is 0.818. The van der Waals surface area contributed by atoms with Crippen molar-refractivity contribution in [3.63, 3.8) is 0 Å². The zero-order valence-electron chi connectivity index (χ0n) is 16.1. The van der Waals surface area contributed by atoms with Crippen LogP contribution in [0.2, 0.25) is 0 Å². The molecule has 6 nitrogen and oxygen atoms in total. The third-order valence-electron chi connectivity index (χ3n) is 4.74. The van der Waals surface area contributed by atoms with Crippen molar-refractivity contribution in [1.29, 1.82) is 5.26 Å². The lowest BCUT2D eigenvalue weighted by molar-refractivity contribution is -0.122. The minimum atomic E-state index is -0.0171. The van der Waals surface area contributed by atoms with Gasteiger partial charge >= 0.3 is 0 Å². The van der Waals surface area contributed by atoms with E-state index in [1.54, 1.807) is 6.20 Å². The molecule has 0 radical (unpaired) electrons. The topological polar surface area (TPSA) is 72.3 Å². The van der Waals surface area contributed by atoms with E-state index in [2.05, 4.69) is 37.4 Å². The van der Waals surface area contributed by atoms with Crippen molar-refractivity contribution in [1.82, 2.24) is 15.2 Å². The maximum atomic E-state index is 12.2. The van der Waals surface area contributed by atoms with E-state index in [-0.39, 0.29) is 17.1 Å². The smallest absolute Gasteiger partial charge is 0.234 e. The van der Waals surface area contributed by atoms with Gasteiger partial charge in [0.2, 0.25) is 5.91 Å². The number of nitriles is 1. The van der Waals surface area contributed by atoms with Crippen molar-refractivity contribution in [3.05, 3.63) is 36.0 Å². The third-order valence-corrected chi connectivity index (χ3v) is 5.16. The molecule has 1 aliphatic heterocycles. The fraction of sp³-hybridized carbons (Fsp3) is 0.450. The van der Waals surface area contributed by atoms with Crippen LogP contribution < -0.4 is 10.2 Å². The molecule has 2 aromatic rings. The Bertz CT molecular complexity index is 890. The van der Waals surface area contributed by atoms with E-state index in [9.17, 15) is 10.1 Å². The second-order valence-corrected chi connectivity index (χ2v) is 9.28. The van der Waals surface area contributed by atoms with E-state index in [1.165, 1.54) is 0 Å². The summed E-state index contributed by atoms with van der Waals surface area (Å²) in [6.07, 6.45) is 2.62. The summed E-state index contributed by atoms with van der Waals surface area (Å²) in [5.41, 5.74) is 2.36. The lowest BCUT2D eigenvalue weighted by Crippen LogP contribution is -2.56. The van der Waals surface area contributed by atoms with Gasteiger partial charge in [0.05, 0.1) is 17.6 Å². The number of rotatable bonds is 4. The number of pyridine rings is 1. The molecule has 0 saturated carbocycles.